The van der Waals surface area contributed by atoms with E-state index in [-0.39, 0.29) is 17.0 Å². The van der Waals surface area contributed by atoms with Crippen molar-refractivity contribution >= 4 is 28.1 Å². The number of hydrogen-bond acceptors (Lipinski definition) is 6. The first-order valence-electron chi connectivity index (χ1n) is 7.49. The number of carbonyl (C=O) groups is 1. The van der Waals surface area contributed by atoms with E-state index in [1.54, 1.807) is 0 Å². The van der Waals surface area contributed by atoms with Crippen LogP contribution >= 0.6 is 11.3 Å². The molecule has 0 aliphatic rings. The molecule has 3 N–H and O–H groups in total. The van der Waals surface area contributed by atoms with Crippen molar-refractivity contribution in [3.63, 3.8) is 0 Å². The molecule has 1 amide bonds. The molecule has 0 saturated carbocycles. The van der Waals surface area contributed by atoms with Crippen molar-refractivity contribution in [2.24, 2.45) is 0 Å². The Bertz CT molecular complexity index is 946. The Morgan fingerprint density at radius 3 is 2.69 bits per heavy atom. The molecule has 3 rings (SSSR count). The highest BCUT2D eigenvalue weighted by molar-refractivity contribution is 7.18. The topological polar surface area (TPSA) is 90.1 Å². The van der Waals surface area contributed by atoms with Gasteiger partial charge in [0.1, 0.15) is 10.8 Å². The zero-order valence-electron chi connectivity index (χ0n) is 13.6. The van der Waals surface area contributed by atoms with Gasteiger partial charge in [0.05, 0.1) is 5.69 Å². The van der Waals surface area contributed by atoms with Crippen molar-refractivity contribution in [3.05, 3.63) is 53.6 Å². The molecule has 0 atom stereocenters. The molecule has 9 heteroatoms. The van der Waals surface area contributed by atoms with Crippen LogP contribution in [0.15, 0.2) is 42.5 Å². The number of aryl methyl sites for hydroxylation is 1. The third kappa shape index (κ3) is 3.94. The quantitative estimate of drug-likeness (QED) is 0.658. The molecule has 0 bridgehead atoms. The Morgan fingerprint density at radius 1 is 1.23 bits per heavy atom. The Hall–Kier alpha value is -3.07. The van der Waals surface area contributed by atoms with E-state index in [1.807, 2.05) is 31.2 Å². The monoisotopic (exact) mass is 376 g/mol. The van der Waals surface area contributed by atoms with Gasteiger partial charge in [-0.05, 0) is 30.7 Å². The van der Waals surface area contributed by atoms with Crippen LogP contribution in [-0.2, 0) is 0 Å². The van der Waals surface area contributed by atoms with Crippen LogP contribution in [0.25, 0.3) is 10.6 Å². The zero-order valence-corrected chi connectivity index (χ0v) is 14.4. The van der Waals surface area contributed by atoms with Crippen LogP contribution in [0.2, 0.25) is 0 Å². The van der Waals surface area contributed by atoms with E-state index in [2.05, 4.69) is 20.3 Å². The summed E-state index contributed by atoms with van der Waals surface area (Å²) in [6.45, 7) is -1.03. The highest BCUT2D eigenvalue weighted by atomic mass is 32.1. The Morgan fingerprint density at radius 2 is 2.00 bits per heavy atom. The average Bonchev–Trinajstić information content (AvgIpc) is 3.05. The van der Waals surface area contributed by atoms with Crippen molar-refractivity contribution in [3.8, 4) is 16.3 Å². The predicted octanol–water partition coefficient (Wildman–Crippen LogP) is 3.95. The van der Waals surface area contributed by atoms with Crippen LogP contribution in [0.5, 0.6) is 5.75 Å². The number of nitrogen functional groups attached to an aromatic ring is 1. The smallest absolute Gasteiger partial charge is 0.387 e. The summed E-state index contributed by atoms with van der Waals surface area (Å²) in [5.74, 6) is -0.665. The second-order valence-electron chi connectivity index (χ2n) is 5.31. The number of rotatable bonds is 5. The summed E-state index contributed by atoms with van der Waals surface area (Å²) in [4.78, 5) is 12.3. The summed E-state index contributed by atoms with van der Waals surface area (Å²) in [5.41, 5.74) is 7.74. The van der Waals surface area contributed by atoms with Crippen LogP contribution in [-0.4, -0.2) is 22.7 Å². The summed E-state index contributed by atoms with van der Waals surface area (Å²) in [7, 11) is 0. The molecule has 0 radical (unpaired) electrons. The summed E-state index contributed by atoms with van der Waals surface area (Å²) < 4.78 is 28.7. The molecule has 6 nitrogen and oxygen atoms in total. The lowest BCUT2D eigenvalue weighted by Gasteiger charge is -2.09. The molecule has 0 aliphatic heterocycles. The first kappa shape index (κ1) is 17.7. The molecule has 0 spiro atoms. The molecule has 134 valence electrons. The molecule has 0 fully saturated rings. The van der Waals surface area contributed by atoms with Gasteiger partial charge in [-0.25, -0.2) is 0 Å². The van der Waals surface area contributed by atoms with Crippen LogP contribution in [0.4, 0.5) is 19.6 Å². The number of nitrogens with zero attached hydrogens (tertiary/aromatic N) is 2. The normalized spacial score (nSPS) is 10.8. The number of aromatic nitrogens is 2. The third-order valence-electron chi connectivity index (χ3n) is 3.51. The van der Waals surface area contributed by atoms with E-state index >= 15 is 0 Å². The lowest BCUT2D eigenvalue weighted by Crippen LogP contribution is -2.12. The minimum atomic E-state index is -2.99. The predicted molar refractivity (Wildman–Crippen MR) is 95.5 cm³/mol. The van der Waals surface area contributed by atoms with Gasteiger partial charge in [-0.2, -0.15) is 8.78 Å². The first-order valence-corrected chi connectivity index (χ1v) is 8.31. The third-order valence-corrected chi connectivity index (χ3v) is 4.38. The van der Waals surface area contributed by atoms with Gasteiger partial charge in [0, 0.05) is 11.1 Å². The van der Waals surface area contributed by atoms with Gasteiger partial charge in [0.2, 0.25) is 5.13 Å². The summed E-state index contributed by atoms with van der Waals surface area (Å²) in [6, 6.07) is 11.5. The molecule has 1 heterocycles. The minimum Gasteiger partial charge on any atom is -0.433 e. The van der Waals surface area contributed by atoms with E-state index in [9.17, 15) is 13.6 Å². The summed E-state index contributed by atoms with van der Waals surface area (Å²) in [6.07, 6.45) is 0. The van der Waals surface area contributed by atoms with Gasteiger partial charge in [0.25, 0.3) is 5.91 Å². The summed E-state index contributed by atoms with van der Waals surface area (Å²) in [5, 5.41) is 11.7. The molecule has 2 aromatic carbocycles. The highest BCUT2D eigenvalue weighted by Crippen LogP contribution is 2.29. The SMILES string of the molecule is Cc1ccccc1-c1nnc(NC(=O)c2ccc(OC(F)F)c(N)c2)s1. The number of amides is 1. The van der Waals surface area contributed by atoms with Crippen molar-refractivity contribution < 1.29 is 18.3 Å². The van der Waals surface area contributed by atoms with Crippen LogP contribution in [0.1, 0.15) is 15.9 Å². The number of alkyl halides is 2. The number of benzene rings is 2. The molecule has 3 aromatic rings. The number of halogens is 2. The molecular formula is C17H14F2N4O2S. The van der Waals surface area contributed by atoms with Crippen molar-refractivity contribution in [2.45, 2.75) is 13.5 Å². The zero-order chi connectivity index (χ0) is 18.7. The van der Waals surface area contributed by atoms with Gasteiger partial charge < -0.3 is 10.5 Å². The number of anilines is 2. The van der Waals surface area contributed by atoms with Crippen molar-refractivity contribution in [1.82, 2.24) is 10.2 Å². The molecule has 1 aromatic heterocycles. The van der Waals surface area contributed by atoms with Gasteiger partial charge >= 0.3 is 6.61 Å². The van der Waals surface area contributed by atoms with Gasteiger partial charge in [-0.1, -0.05) is 35.6 Å². The Kier molecular flexibility index (Phi) is 5.08. The summed E-state index contributed by atoms with van der Waals surface area (Å²) >= 11 is 1.23. The second-order valence-corrected chi connectivity index (χ2v) is 6.29. The molecular weight excluding hydrogens is 362 g/mol. The van der Waals surface area contributed by atoms with Gasteiger partial charge in [-0.3, -0.25) is 10.1 Å². The number of nitrogens with two attached hydrogens (primary N) is 1. The fraction of sp³-hybridized carbons (Fsp3) is 0.118. The average molecular weight is 376 g/mol. The number of ether oxygens (including phenoxy) is 1. The second kappa shape index (κ2) is 7.44. The highest BCUT2D eigenvalue weighted by Gasteiger charge is 2.15. The first-order chi connectivity index (χ1) is 12.4. The van der Waals surface area contributed by atoms with E-state index < -0.39 is 12.5 Å². The number of carbonyl (C=O) groups excluding carboxylic acids is 1. The fourth-order valence-corrected chi connectivity index (χ4v) is 3.09. The maximum atomic E-state index is 12.3. The van der Waals surface area contributed by atoms with Crippen LogP contribution in [0.3, 0.4) is 0 Å². The largest absolute Gasteiger partial charge is 0.433 e. The lowest BCUT2D eigenvalue weighted by atomic mass is 10.1. The van der Waals surface area contributed by atoms with Crippen LogP contribution < -0.4 is 15.8 Å². The standard InChI is InChI=1S/C17H14F2N4O2S/c1-9-4-2-3-5-11(9)15-22-23-17(26-15)21-14(24)10-6-7-13(12(20)8-10)25-16(18)19/h2-8,16H,20H2,1H3,(H,21,23,24). The Labute approximate surface area is 151 Å². The number of nitrogens with one attached hydrogen (secondary N) is 1. The van der Waals surface area contributed by atoms with E-state index in [4.69, 9.17) is 5.73 Å². The number of hydrogen-bond donors (Lipinski definition) is 2. The maximum absolute atomic E-state index is 12.3. The van der Waals surface area contributed by atoms with E-state index in [1.165, 1.54) is 29.5 Å². The molecule has 0 saturated heterocycles. The van der Waals surface area contributed by atoms with Crippen molar-refractivity contribution in [1.29, 1.82) is 0 Å². The van der Waals surface area contributed by atoms with Gasteiger partial charge in [0.15, 0.2) is 0 Å². The molecule has 26 heavy (non-hydrogen) atoms. The van der Waals surface area contributed by atoms with E-state index in [0.717, 1.165) is 11.1 Å². The molecule has 0 aliphatic carbocycles. The maximum Gasteiger partial charge on any atom is 0.387 e. The van der Waals surface area contributed by atoms with Gasteiger partial charge in [-0.15, -0.1) is 10.2 Å². The molecule has 0 unspecified atom stereocenters. The van der Waals surface area contributed by atoms with E-state index in [0.29, 0.717) is 10.1 Å². The van der Waals surface area contributed by atoms with Crippen molar-refractivity contribution in [2.75, 3.05) is 11.1 Å². The minimum absolute atomic E-state index is 0.0594. The Balaban J connectivity index is 1.75. The van der Waals surface area contributed by atoms with Crippen LogP contribution in [0, 0.1) is 6.92 Å². The fourth-order valence-electron chi connectivity index (χ4n) is 2.26. The lowest BCUT2D eigenvalue weighted by molar-refractivity contribution is -0.0493.